The first-order valence-electron chi connectivity index (χ1n) is 7.85. The lowest BCUT2D eigenvalue weighted by atomic mass is 9.85. The average molecular weight is 268 g/mol. The zero-order valence-corrected chi connectivity index (χ0v) is 12.4. The van der Waals surface area contributed by atoms with Crippen molar-refractivity contribution in [3.63, 3.8) is 0 Å². The van der Waals surface area contributed by atoms with Crippen molar-refractivity contribution in [2.75, 3.05) is 26.2 Å². The Labute approximate surface area is 116 Å². The van der Waals surface area contributed by atoms with Gasteiger partial charge in [-0.3, -0.25) is 4.79 Å². The van der Waals surface area contributed by atoms with E-state index in [1.165, 1.54) is 19.3 Å². The van der Waals surface area contributed by atoms with Crippen LogP contribution >= 0.6 is 0 Å². The number of nitrogens with one attached hydrogen (secondary N) is 1. The van der Waals surface area contributed by atoms with E-state index in [0.717, 1.165) is 44.9 Å². The maximum absolute atomic E-state index is 12.3. The van der Waals surface area contributed by atoms with Gasteiger partial charge >= 0.3 is 0 Å². The first-order chi connectivity index (χ1) is 9.20. The number of hydrogen-bond donors (Lipinski definition) is 1. The van der Waals surface area contributed by atoms with E-state index in [-0.39, 0.29) is 12.0 Å². The Balaban J connectivity index is 1.79. The smallest absolute Gasteiger partial charge is 0.251 e. The highest BCUT2D eigenvalue weighted by Gasteiger charge is 2.28. The van der Waals surface area contributed by atoms with E-state index in [1.54, 1.807) is 0 Å². The summed E-state index contributed by atoms with van der Waals surface area (Å²) in [6, 6.07) is 0. The molecule has 1 aliphatic heterocycles. The van der Waals surface area contributed by atoms with E-state index in [4.69, 9.17) is 4.74 Å². The number of rotatable bonds is 4. The summed E-state index contributed by atoms with van der Waals surface area (Å²) in [6.45, 7) is 7.60. The van der Waals surface area contributed by atoms with Crippen LogP contribution in [0.25, 0.3) is 0 Å². The topological polar surface area (TPSA) is 41.6 Å². The van der Waals surface area contributed by atoms with Gasteiger partial charge in [-0.25, -0.2) is 0 Å². The quantitative estimate of drug-likeness (QED) is 0.845. The van der Waals surface area contributed by atoms with Crippen molar-refractivity contribution < 1.29 is 9.53 Å². The van der Waals surface area contributed by atoms with Crippen LogP contribution in [0.3, 0.4) is 0 Å². The second-order valence-electron chi connectivity index (χ2n) is 5.92. The standard InChI is InChI=1S/C15H28N2O2/c1-3-13-5-4-6-14(11-13)19-12(2)15(18)17-9-7-16-8-10-17/h12-14,16H,3-11H2,1-2H3. The molecule has 1 heterocycles. The number of carbonyl (C=O) groups excluding carboxylic acids is 1. The molecular weight excluding hydrogens is 240 g/mol. The zero-order valence-electron chi connectivity index (χ0n) is 12.4. The lowest BCUT2D eigenvalue weighted by Crippen LogP contribution is -2.50. The third-order valence-corrected chi connectivity index (χ3v) is 4.49. The molecule has 2 fully saturated rings. The van der Waals surface area contributed by atoms with Crippen LogP contribution in [0.1, 0.15) is 46.0 Å². The molecule has 0 aromatic heterocycles. The van der Waals surface area contributed by atoms with E-state index >= 15 is 0 Å². The minimum absolute atomic E-state index is 0.167. The highest BCUT2D eigenvalue weighted by molar-refractivity contribution is 5.80. The Morgan fingerprint density at radius 3 is 2.79 bits per heavy atom. The number of amides is 1. The maximum Gasteiger partial charge on any atom is 0.251 e. The number of carbonyl (C=O) groups is 1. The monoisotopic (exact) mass is 268 g/mol. The summed E-state index contributed by atoms with van der Waals surface area (Å²) < 4.78 is 6.03. The molecule has 1 saturated carbocycles. The Bertz CT molecular complexity index is 290. The van der Waals surface area contributed by atoms with Crippen LogP contribution in [0.15, 0.2) is 0 Å². The van der Waals surface area contributed by atoms with Gasteiger partial charge in [0.05, 0.1) is 6.10 Å². The summed E-state index contributed by atoms with van der Waals surface area (Å²) in [5.41, 5.74) is 0. The van der Waals surface area contributed by atoms with E-state index < -0.39 is 0 Å². The second-order valence-corrected chi connectivity index (χ2v) is 5.92. The van der Waals surface area contributed by atoms with Crippen LogP contribution in [0.4, 0.5) is 0 Å². The molecule has 0 spiro atoms. The third kappa shape index (κ3) is 4.18. The molecule has 4 nitrogen and oxygen atoms in total. The van der Waals surface area contributed by atoms with Crippen molar-refractivity contribution in [2.24, 2.45) is 5.92 Å². The van der Waals surface area contributed by atoms with Gasteiger partial charge in [0, 0.05) is 26.2 Å². The van der Waals surface area contributed by atoms with Gasteiger partial charge < -0.3 is 15.0 Å². The van der Waals surface area contributed by atoms with Crippen LogP contribution in [0.2, 0.25) is 0 Å². The maximum atomic E-state index is 12.3. The Morgan fingerprint density at radius 1 is 1.37 bits per heavy atom. The fourth-order valence-electron chi connectivity index (χ4n) is 3.23. The highest BCUT2D eigenvalue weighted by Crippen LogP contribution is 2.29. The Morgan fingerprint density at radius 2 is 2.11 bits per heavy atom. The predicted molar refractivity (Wildman–Crippen MR) is 76.0 cm³/mol. The SMILES string of the molecule is CCC1CCCC(OC(C)C(=O)N2CCNCC2)C1. The molecule has 1 saturated heterocycles. The lowest BCUT2D eigenvalue weighted by Gasteiger charge is -2.33. The molecule has 1 aliphatic carbocycles. The second kappa shape index (κ2) is 7.25. The molecule has 0 aromatic rings. The molecule has 3 unspecified atom stereocenters. The summed E-state index contributed by atoms with van der Waals surface area (Å²) in [6.07, 6.45) is 6.08. The van der Waals surface area contributed by atoms with E-state index in [9.17, 15) is 4.79 Å². The molecular formula is C15H28N2O2. The van der Waals surface area contributed by atoms with Crippen LogP contribution in [0.5, 0.6) is 0 Å². The molecule has 110 valence electrons. The fourth-order valence-corrected chi connectivity index (χ4v) is 3.23. The number of ether oxygens (including phenoxy) is 1. The highest BCUT2D eigenvalue weighted by atomic mass is 16.5. The number of hydrogen-bond acceptors (Lipinski definition) is 3. The Kier molecular flexibility index (Phi) is 5.64. The molecule has 3 atom stereocenters. The van der Waals surface area contributed by atoms with E-state index in [1.807, 2.05) is 11.8 Å². The summed E-state index contributed by atoms with van der Waals surface area (Å²) in [4.78, 5) is 14.2. The molecule has 19 heavy (non-hydrogen) atoms. The third-order valence-electron chi connectivity index (χ3n) is 4.49. The summed E-state index contributed by atoms with van der Waals surface area (Å²) in [5, 5.41) is 3.27. The fraction of sp³-hybridized carbons (Fsp3) is 0.933. The van der Waals surface area contributed by atoms with Gasteiger partial charge in [0.2, 0.25) is 0 Å². The first-order valence-corrected chi connectivity index (χ1v) is 7.85. The number of piperazine rings is 1. The van der Waals surface area contributed by atoms with Gasteiger partial charge in [0.15, 0.2) is 0 Å². The molecule has 2 aliphatic rings. The summed E-state index contributed by atoms with van der Waals surface area (Å²) in [7, 11) is 0. The predicted octanol–water partition coefficient (Wildman–Crippen LogP) is 1.79. The van der Waals surface area contributed by atoms with Crippen molar-refractivity contribution in [1.29, 1.82) is 0 Å². The van der Waals surface area contributed by atoms with Crippen LogP contribution < -0.4 is 5.32 Å². The van der Waals surface area contributed by atoms with Crippen LogP contribution in [0, 0.1) is 5.92 Å². The molecule has 0 radical (unpaired) electrons. The minimum Gasteiger partial charge on any atom is -0.365 e. The van der Waals surface area contributed by atoms with Crippen molar-refractivity contribution in [1.82, 2.24) is 10.2 Å². The van der Waals surface area contributed by atoms with Gasteiger partial charge in [-0.1, -0.05) is 26.2 Å². The molecule has 0 aromatic carbocycles. The molecule has 1 N–H and O–H groups in total. The summed E-state index contributed by atoms with van der Waals surface area (Å²) >= 11 is 0. The van der Waals surface area contributed by atoms with Gasteiger partial charge in [-0.05, 0) is 25.7 Å². The van der Waals surface area contributed by atoms with Crippen molar-refractivity contribution in [3.05, 3.63) is 0 Å². The molecule has 0 bridgehead atoms. The first kappa shape index (κ1) is 14.8. The zero-order chi connectivity index (χ0) is 13.7. The van der Waals surface area contributed by atoms with Gasteiger partial charge in [0.1, 0.15) is 6.10 Å². The van der Waals surface area contributed by atoms with Crippen molar-refractivity contribution in [2.45, 2.75) is 58.2 Å². The van der Waals surface area contributed by atoms with Crippen LogP contribution in [-0.4, -0.2) is 49.2 Å². The van der Waals surface area contributed by atoms with Gasteiger partial charge in [-0.2, -0.15) is 0 Å². The molecule has 4 heteroatoms. The van der Waals surface area contributed by atoms with Crippen LogP contribution in [-0.2, 0) is 9.53 Å². The minimum atomic E-state index is -0.279. The Hall–Kier alpha value is -0.610. The molecule has 1 amide bonds. The molecule has 2 rings (SSSR count). The van der Waals surface area contributed by atoms with E-state index in [0.29, 0.717) is 6.10 Å². The summed E-state index contributed by atoms with van der Waals surface area (Å²) in [5.74, 6) is 0.959. The van der Waals surface area contributed by atoms with Gasteiger partial charge in [0.25, 0.3) is 5.91 Å². The number of nitrogens with zero attached hydrogens (tertiary/aromatic N) is 1. The largest absolute Gasteiger partial charge is 0.365 e. The van der Waals surface area contributed by atoms with Gasteiger partial charge in [-0.15, -0.1) is 0 Å². The van der Waals surface area contributed by atoms with Crippen molar-refractivity contribution in [3.8, 4) is 0 Å². The average Bonchev–Trinajstić information content (AvgIpc) is 2.47. The normalized spacial score (nSPS) is 30.1. The van der Waals surface area contributed by atoms with E-state index in [2.05, 4.69) is 12.2 Å². The van der Waals surface area contributed by atoms with Crippen molar-refractivity contribution >= 4 is 5.91 Å². The lowest BCUT2D eigenvalue weighted by molar-refractivity contribution is -0.148.